The Kier molecular flexibility index (Phi) is 5.34. The molecular formula is C16H14ClNOS. The molecule has 0 aliphatic heterocycles. The zero-order chi connectivity index (χ0) is 14.4. The molecule has 0 aliphatic rings. The highest BCUT2D eigenvalue weighted by Gasteiger charge is 2.18. The minimum absolute atomic E-state index is 0.253. The standard InChI is InChI=1S/C16H14ClNOS/c17-15-8-6-13(7-9-15)12-20(19)16(10-11-18)14-4-2-1-3-5-14/h1-9,16H,10,12H2. The van der Waals surface area contributed by atoms with Gasteiger partial charge in [-0.25, -0.2) is 0 Å². The Morgan fingerprint density at radius 3 is 2.35 bits per heavy atom. The Morgan fingerprint density at radius 1 is 1.10 bits per heavy atom. The molecule has 0 bridgehead atoms. The maximum absolute atomic E-state index is 12.5. The van der Waals surface area contributed by atoms with Crippen LogP contribution in [0.3, 0.4) is 0 Å². The van der Waals surface area contributed by atoms with Crippen molar-refractivity contribution < 1.29 is 4.21 Å². The predicted octanol–water partition coefficient (Wildman–Crippen LogP) is 4.24. The number of rotatable bonds is 5. The van der Waals surface area contributed by atoms with Crippen molar-refractivity contribution in [3.63, 3.8) is 0 Å². The normalized spacial score (nSPS) is 13.4. The number of halogens is 1. The van der Waals surface area contributed by atoms with Crippen molar-refractivity contribution in [2.24, 2.45) is 0 Å². The first-order valence-electron chi connectivity index (χ1n) is 6.24. The minimum Gasteiger partial charge on any atom is -0.259 e. The number of nitrogens with zero attached hydrogens (tertiary/aromatic N) is 1. The average molecular weight is 304 g/mol. The van der Waals surface area contributed by atoms with Gasteiger partial charge in [-0.3, -0.25) is 4.21 Å². The topological polar surface area (TPSA) is 40.9 Å². The molecule has 2 unspecified atom stereocenters. The summed E-state index contributed by atoms with van der Waals surface area (Å²) in [7, 11) is -1.13. The fourth-order valence-electron chi connectivity index (χ4n) is 1.96. The van der Waals surface area contributed by atoms with Crippen LogP contribution in [0.5, 0.6) is 0 Å². The smallest absolute Gasteiger partial charge is 0.0730 e. The van der Waals surface area contributed by atoms with Crippen molar-refractivity contribution in [3.05, 3.63) is 70.7 Å². The van der Waals surface area contributed by atoms with Crippen LogP contribution in [0.25, 0.3) is 0 Å². The first-order valence-corrected chi connectivity index (χ1v) is 8.00. The number of nitriles is 1. The van der Waals surface area contributed by atoms with Crippen molar-refractivity contribution in [1.29, 1.82) is 5.26 Å². The Hall–Kier alpha value is -1.63. The van der Waals surface area contributed by atoms with E-state index in [1.54, 1.807) is 12.1 Å². The Bertz CT molecular complexity index is 619. The second kappa shape index (κ2) is 7.23. The molecule has 0 aliphatic carbocycles. The first-order chi connectivity index (χ1) is 9.70. The van der Waals surface area contributed by atoms with Crippen LogP contribution in [0.2, 0.25) is 5.02 Å². The van der Waals surface area contributed by atoms with E-state index in [1.165, 1.54) is 0 Å². The van der Waals surface area contributed by atoms with Gasteiger partial charge in [0.1, 0.15) is 0 Å². The van der Waals surface area contributed by atoms with Crippen LogP contribution in [0.15, 0.2) is 54.6 Å². The fourth-order valence-corrected chi connectivity index (χ4v) is 3.53. The van der Waals surface area contributed by atoms with E-state index in [1.807, 2.05) is 42.5 Å². The summed E-state index contributed by atoms with van der Waals surface area (Å²) in [6.45, 7) is 0. The summed E-state index contributed by atoms with van der Waals surface area (Å²) in [6.07, 6.45) is 0.254. The van der Waals surface area contributed by atoms with Crippen LogP contribution in [-0.2, 0) is 16.6 Å². The molecule has 0 fully saturated rings. The van der Waals surface area contributed by atoms with Gasteiger partial charge in [0, 0.05) is 21.6 Å². The highest BCUT2D eigenvalue weighted by atomic mass is 35.5. The minimum atomic E-state index is -1.13. The average Bonchev–Trinajstić information content (AvgIpc) is 2.48. The maximum Gasteiger partial charge on any atom is 0.0730 e. The third kappa shape index (κ3) is 3.93. The largest absolute Gasteiger partial charge is 0.259 e. The maximum atomic E-state index is 12.5. The van der Waals surface area contributed by atoms with Crippen molar-refractivity contribution in [3.8, 4) is 6.07 Å². The van der Waals surface area contributed by atoms with E-state index < -0.39 is 10.8 Å². The summed E-state index contributed by atoms with van der Waals surface area (Å²) in [6, 6.07) is 19.0. The molecule has 2 atom stereocenters. The van der Waals surface area contributed by atoms with Crippen LogP contribution in [0.1, 0.15) is 22.8 Å². The number of benzene rings is 2. The molecule has 0 saturated carbocycles. The van der Waals surface area contributed by atoms with E-state index >= 15 is 0 Å². The number of hydrogen-bond donors (Lipinski definition) is 0. The summed E-state index contributed by atoms with van der Waals surface area (Å²) in [5, 5.41) is 9.36. The quantitative estimate of drug-likeness (QED) is 0.828. The van der Waals surface area contributed by atoms with E-state index in [4.69, 9.17) is 16.9 Å². The van der Waals surface area contributed by atoms with Gasteiger partial charge in [-0.05, 0) is 23.3 Å². The summed E-state index contributed by atoms with van der Waals surface area (Å²) in [5.41, 5.74) is 1.91. The van der Waals surface area contributed by atoms with Gasteiger partial charge in [0.2, 0.25) is 0 Å². The highest BCUT2D eigenvalue weighted by molar-refractivity contribution is 7.84. The molecule has 102 valence electrons. The van der Waals surface area contributed by atoms with Crippen molar-refractivity contribution in [2.45, 2.75) is 17.4 Å². The zero-order valence-electron chi connectivity index (χ0n) is 10.8. The summed E-state index contributed by atoms with van der Waals surface area (Å²) < 4.78 is 12.5. The molecule has 2 rings (SSSR count). The number of hydrogen-bond acceptors (Lipinski definition) is 2. The lowest BCUT2D eigenvalue weighted by Crippen LogP contribution is -2.08. The molecule has 4 heteroatoms. The molecule has 20 heavy (non-hydrogen) atoms. The Labute approximate surface area is 126 Å². The van der Waals surface area contributed by atoms with Crippen LogP contribution in [-0.4, -0.2) is 4.21 Å². The van der Waals surface area contributed by atoms with Gasteiger partial charge in [0.05, 0.1) is 17.7 Å². The molecule has 2 nitrogen and oxygen atoms in total. The van der Waals surface area contributed by atoms with E-state index in [-0.39, 0.29) is 11.7 Å². The zero-order valence-corrected chi connectivity index (χ0v) is 12.4. The van der Waals surface area contributed by atoms with E-state index in [0.29, 0.717) is 10.8 Å². The van der Waals surface area contributed by atoms with Gasteiger partial charge in [-0.1, -0.05) is 54.1 Å². The lowest BCUT2D eigenvalue weighted by molar-refractivity contribution is 0.672. The van der Waals surface area contributed by atoms with Crippen LogP contribution >= 0.6 is 11.6 Å². The lowest BCUT2D eigenvalue weighted by atomic mass is 10.1. The van der Waals surface area contributed by atoms with Crippen molar-refractivity contribution in [1.82, 2.24) is 0 Å². The third-order valence-corrected chi connectivity index (χ3v) is 4.93. The van der Waals surface area contributed by atoms with Gasteiger partial charge in [0.25, 0.3) is 0 Å². The second-order valence-electron chi connectivity index (χ2n) is 4.41. The van der Waals surface area contributed by atoms with Gasteiger partial charge < -0.3 is 0 Å². The SMILES string of the molecule is N#CCC(c1ccccc1)S(=O)Cc1ccc(Cl)cc1. The molecule has 0 N–H and O–H groups in total. The molecule has 0 amide bonds. The fraction of sp³-hybridized carbons (Fsp3) is 0.188. The Balaban J connectivity index is 2.16. The molecule has 0 aromatic heterocycles. The molecular weight excluding hydrogens is 290 g/mol. The Morgan fingerprint density at radius 2 is 1.75 bits per heavy atom. The summed E-state index contributed by atoms with van der Waals surface area (Å²) in [4.78, 5) is 0. The lowest BCUT2D eigenvalue weighted by Gasteiger charge is -2.14. The van der Waals surface area contributed by atoms with Gasteiger partial charge in [-0.15, -0.1) is 0 Å². The van der Waals surface area contributed by atoms with Crippen LogP contribution in [0.4, 0.5) is 0 Å². The summed E-state index contributed by atoms with van der Waals surface area (Å²) in [5.74, 6) is 0.429. The van der Waals surface area contributed by atoms with E-state index in [0.717, 1.165) is 11.1 Å². The van der Waals surface area contributed by atoms with Gasteiger partial charge in [-0.2, -0.15) is 5.26 Å². The monoisotopic (exact) mass is 303 g/mol. The third-order valence-electron chi connectivity index (χ3n) is 2.99. The van der Waals surface area contributed by atoms with E-state index in [2.05, 4.69) is 6.07 Å². The van der Waals surface area contributed by atoms with Crippen molar-refractivity contribution in [2.75, 3.05) is 0 Å². The molecule has 2 aromatic carbocycles. The molecule has 0 spiro atoms. The van der Waals surface area contributed by atoms with E-state index in [9.17, 15) is 4.21 Å². The first kappa shape index (κ1) is 14.8. The molecule has 2 aromatic rings. The van der Waals surface area contributed by atoms with Crippen LogP contribution < -0.4 is 0 Å². The molecule has 0 radical (unpaired) electrons. The molecule has 0 heterocycles. The summed E-state index contributed by atoms with van der Waals surface area (Å²) >= 11 is 5.84. The molecule has 0 saturated heterocycles. The predicted molar refractivity (Wildman–Crippen MR) is 82.7 cm³/mol. The highest BCUT2D eigenvalue weighted by Crippen LogP contribution is 2.25. The van der Waals surface area contributed by atoms with Crippen LogP contribution in [0, 0.1) is 11.3 Å². The van der Waals surface area contributed by atoms with Crippen molar-refractivity contribution >= 4 is 22.4 Å². The second-order valence-corrected chi connectivity index (χ2v) is 6.47. The van der Waals surface area contributed by atoms with Gasteiger partial charge >= 0.3 is 0 Å². The van der Waals surface area contributed by atoms with Gasteiger partial charge in [0.15, 0.2) is 0 Å².